The van der Waals surface area contributed by atoms with E-state index in [9.17, 15) is 4.79 Å². The summed E-state index contributed by atoms with van der Waals surface area (Å²) in [7, 11) is 1.73. The molecular formula is C22H26ClN5OS. The molecule has 0 radical (unpaired) electrons. The van der Waals surface area contributed by atoms with Gasteiger partial charge in [-0.25, -0.2) is 9.97 Å². The van der Waals surface area contributed by atoms with Gasteiger partial charge in [0.25, 0.3) is 5.91 Å². The maximum absolute atomic E-state index is 12.9. The third-order valence-corrected chi connectivity index (χ3v) is 6.70. The number of fused-ring (bicyclic) bond motifs is 3. The monoisotopic (exact) mass is 443 g/mol. The summed E-state index contributed by atoms with van der Waals surface area (Å²) in [6, 6.07) is 7.53. The first-order valence-corrected chi connectivity index (χ1v) is 11.6. The molecule has 0 saturated carbocycles. The van der Waals surface area contributed by atoms with Crippen molar-refractivity contribution in [2.24, 2.45) is 0 Å². The summed E-state index contributed by atoms with van der Waals surface area (Å²) < 4.78 is 1.92. The standard InChI is InChI=1S/C22H26ClN5OS/c1-4-10-27(11-5-2)12-15-13-30-21(25-15)18-19-20(23)26(3)22(29)16-8-6-7-9-17(16)28(19)14-24-18/h6-9,13-14,20H,4-5,10-12H2,1-3H3. The molecule has 0 saturated heterocycles. The number of amides is 1. The Bertz CT molecular complexity index is 1040. The van der Waals surface area contributed by atoms with Crippen LogP contribution in [0, 0.1) is 0 Å². The third kappa shape index (κ3) is 3.77. The summed E-state index contributed by atoms with van der Waals surface area (Å²) in [6.45, 7) is 7.36. The van der Waals surface area contributed by atoms with Crippen molar-refractivity contribution >= 4 is 28.8 Å². The molecule has 0 spiro atoms. The van der Waals surface area contributed by atoms with Crippen molar-refractivity contribution in [1.29, 1.82) is 0 Å². The lowest BCUT2D eigenvalue weighted by Gasteiger charge is -2.21. The summed E-state index contributed by atoms with van der Waals surface area (Å²) in [5.74, 6) is -0.102. The zero-order valence-corrected chi connectivity index (χ0v) is 19.1. The quantitative estimate of drug-likeness (QED) is 0.383. The van der Waals surface area contributed by atoms with Crippen molar-refractivity contribution in [2.75, 3.05) is 20.1 Å². The van der Waals surface area contributed by atoms with Gasteiger partial charge in [-0.1, -0.05) is 37.6 Å². The Hall–Kier alpha value is -2.22. The number of benzene rings is 1. The fourth-order valence-corrected chi connectivity index (χ4v) is 5.01. The van der Waals surface area contributed by atoms with Gasteiger partial charge in [0.15, 0.2) is 0 Å². The molecule has 1 unspecified atom stereocenters. The third-order valence-electron chi connectivity index (χ3n) is 5.30. The van der Waals surface area contributed by atoms with Crippen LogP contribution in [0.5, 0.6) is 0 Å². The van der Waals surface area contributed by atoms with Crippen LogP contribution in [-0.4, -0.2) is 50.4 Å². The van der Waals surface area contributed by atoms with Crippen molar-refractivity contribution in [3.8, 4) is 16.4 Å². The van der Waals surface area contributed by atoms with E-state index in [1.807, 2.05) is 28.8 Å². The highest BCUT2D eigenvalue weighted by Crippen LogP contribution is 2.39. The van der Waals surface area contributed by atoms with Crippen LogP contribution in [-0.2, 0) is 6.54 Å². The van der Waals surface area contributed by atoms with E-state index in [4.69, 9.17) is 16.6 Å². The van der Waals surface area contributed by atoms with Gasteiger partial charge in [0.1, 0.15) is 22.5 Å². The fraction of sp³-hybridized carbons (Fsp3) is 0.409. The van der Waals surface area contributed by atoms with Crippen LogP contribution in [0.1, 0.15) is 53.9 Å². The number of para-hydroxylation sites is 1. The lowest BCUT2D eigenvalue weighted by Crippen LogP contribution is -2.27. The molecule has 6 nitrogen and oxygen atoms in total. The van der Waals surface area contributed by atoms with Crippen LogP contribution >= 0.6 is 22.9 Å². The minimum atomic E-state index is -0.633. The van der Waals surface area contributed by atoms with Gasteiger partial charge in [-0.2, -0.15) is 0 Å². The average Bonchev–Trinajstić information content (AvgIpc) is 3.37. The number of thiazole rings is 1. The van der Waals surface area contributed by atoms with Crippen molar-refractivity contribution < 1.29 is 4.79 Å². The van der Waals surface area contributed by atoms with E-state index in [1.54, 1.807) is 29.6 Å². The van der Waals surface area contributed by atoms with Crippen LogP contribution < -0.4 is 0 Å². The first-order valence-electron chi connectivity index (χ1n) is 10.3. The Morgan fingerprint density at radius 2 is 1.93 bits per heavy atom. The van der Waals surface area contributed by atoms with Gasteiger partial charge < -0.3 is 4.90 Å². The van der Waals surface area contributed by atoms with Crippen molar-refractivity contribution in [2.45, 2.75) is 38.7 Å². The van der Waals surface area contributed by atoms with E-state index in [0.29, 0.717) is 5.56 Å². The zero-order valence-electron chi connectivity index (χ0n) is 17.5. The lowest BCUT2D eigenvalue weighted by atomic mass is 10.1. The van der Waals surface area contributed by atoms with Crippen LogP contribution in [0.3, 0.4) is 0 Å². The molecule has 1 amide bonds. The van der Waals surface area contributed by atoms with Crippen LogP contribution in [0.4, 0.5) is 0 Å². The van der Waals surface area contributed by atoms with E-state index < -0.39 is 5.50 Å². The molecular weight excluding hydrogens is 418 g/mol. The van der Waals surface area contributed by atoms with Gasteiger partial charge >= 0.3 is 0 Å². The number of aromatic nitrogens is 3. The van der Waals surface area contributed by atoms with Crippen molar-refractivity contribution in [1.82, 2.24) is 24.3 Å². The van der Waals surface area contributed by atoms with E-state index >= 15 is 0 Å². The van der Waals surface area contributed by atoms with E-state index in [2.05, 4.69) is 29.1 Å². The minimum absolute atomic E-state index is 0.102. The number of hydrogen-bond donors (Lipinski definition) is 0. The number of halogens is 1. The Morgan fingerprint density at radius 3 is 2.67 bits per heavy atom. The molecule has 1 aliphatic heterocycles. The maximum atomic E-state index is 12.9. The second-order valence-electron chi connectivity index (χ2n) is 7.54. The highest BCUT2D eigenvalue weighted by molar-refractivity contribution is 7.13. The molecule has 2 aromatic heterocycles. The van der Waals surface area contributed by atoms with Gasteiger partial charge in [-0.3, -0.25) is 14.3 Å². The minimum Gasteiger partial charge on any atom is -0.320 e. The van der Waals surface area contributed by atoms with Crippen LogP contribution in [0.2, 0.25) is 0 Å². The topological polar surface area (TPSA) is 54.3 Å². The molecule has 4 rings (SSSR count). The predicted molar refractivity (Wildman–Crippen MR) is 121 cm³/mol. The second-order valence-corrected chi connectivity index (χ2v) is 8.81. The van der Waals surface area contributed by atoms with Gasteiger partial charge in [-0.05, 0) is 38.1 Å². The summed E-state index contributed by atoms with van der Waals surface area (Å²) in [5.41, 5.74) is 3.33. The summed E-state index contributed by atoms with van der Waals surface area (Å²) >= 11 is 8.34. The number of carbonyl (C=O) groups is 1. The molecule has 0 bridgehead atoms. The van der Waals surface area contributed by atoms with E-state index in [1.165, 1.54) is 0 Å². The molecule has 3 aromatic rings. The second kappa shape index (κ2) is 8.88. The number of carbonyl (C=O) groups excluding carboxylic acids is 1. The number of rotatable bonds is 7. The Morgan fingerprint density at radius 1 is 1.20 bits per heavy atom. The Balaban J connectivity index is 1.72. The Labute approximate surface area is 186 Å². The first-order chi connectivity index (χ1) is 14.5. The molecule has 0 aliphatic carbocycles. The molecule has 158 valence electrons. The average molecular weight is 444 g/mol. The number of imidazole rings is 1. The molecule has 8 heteroatoms. The van der Waals surface area contributed by atoms with Crippen LogP contribution in [0.25, 0.3) is 16.4 Å². The summed E-state index contributed by atoms with van der Waals surface area (Å²) in [4.78, 5) is 26.4. The summed E-state index contributed by atoms with van der Waals surface area (Å²) in [6.07, 6.45) is 3.99. The highest BCUT2D eigenvalue weighted by Gasteiger charge is 2.33. The molecule has 1 aliphatic rings. The van der Waals surface area contributed by atoms with Crippen molar-refractivity contribution in [3.63, 3.8) is 0 Å². The molecule has 0 N–H and O–H groups in total. The maximum Gasteiger partial charge on any atom is 0.257 e. The fourth-order valence-electron chi connectivity index (χ4n) is 3.90. The summed E-state index contributed by atoms with van der Waals surface area (Å²) in [5, 5.41) is 2.93. The predicted octanol–water partition coefficient (Wildman–Crippen LogP) is 4.94. The normalized spacial score (nSPS) is 16.0. The van der Waals surface area contributed by atoms with Gasteiger partial charge in [0.05, 0.1) is 22.6 Å². The first kappa shape index (κ1) is 21.0. The highest BCUT2D eigenvalue weighted by atomic mass is 35.5. The smallest absolute Gasteiger partial charge is 0.257 e. The Kier molecular flexibility index (Phi) is 6.22. The van der Waals surface area contributed by atoms with Crippen LogP contribution in [0.15, 0.2) is 36.0 Å². The van der Waals surface area contributed by atoms with E-state index in [-0.39, 0.29) is 5.91 Å². The van der Waals surface area contributed by atoms with Crippen molar-refractivity contribution in [3.05, 3.63) is 52.9 Å². The molecule has 0 fully saturated rings. The number of alkyl halides is 1. The number of hydrogen-bond acceptors (Lipinski definition) is 5. The lowest BCUT2D eigenvalue weighted by molar-refractivity contribution is 0.0780. The van der Waals surface area contributed by atoms with Gasteiger partial charge in [0.2, 0.25) is 0 Å². The number of nitrogens with zero attached hydrogens (tertiary/aromatic N) is 5. The molecule has 30 heavy (non-hydrogen) atoms. The molecule has 1 atom stereocenters. The SMILES string of the molecule is CCCN(CCC)Cc1csc(-c2ncn3c2C(Cl)N(C)C(=O)c2ccccc2-3)n1. The molecule has 3 heterocycles. The zero-order chi connectivity index (χ0) is 21.3. The van der Waals surface area contributed by atoms with Gasteiger partial charge in [-0.15, -0.1) is 11.3 Å². The largest absolute Gasteiger partial charge is 0.320 e. The van der Waals surface area contributed by atoms with E-state index in [0.717, 1.165) is 60.3 Å². The van der Waals surface area contributed by atoms with Gasteiger partial charge in [0, 0.05) is 19.0 Å². The molecule has 1 aromatic carbocycles.